The standard InChI is InChI=1S/C13H17N3O4S/c1-3-8(2)15-12(17)7-16-13(18)10-5-4-9(14)6-11(10)21(16,19)20/h4-6,8H,3,7,14H2,1-2H3,(H,15,17). The van der Waals surface area contributed by atoms with Gasteiger partial charge >= 0.3 is 0 Å². The molecule has 1 atom stereocenters. The van der Waals surface area contributed by atoms with Gasteiger partial charge in [-0.15, -0.1) is 0 Å². The molecule has 0 radical (unpaired) electrons. The van der Waals surface area contributed by atoms with Crippen LogP contribution in [-0.4, -0.2) is 37.1 Å². The van der Waals surface area contributed by atoms with Gasteiger partial charge in [0.05, 0.1) is 5.56 Å². The second kappa shape index (κ2) is 5.36. The van der Waals surface area contributed by atoms with Crippen LogP contribution in [0.1, 0.15) is 30.6 Å². The summed E-state index contributed by atoms with van der Waals surface area (Å²) in [5.74, 6) is -1.22. The number of carbonyl (C=O) groups is 2. The molecule has 2 amide bonds. The Balaban J connectivity index is 2.28. The van der Waals surface area contributed by atoms with Gasteiger partial charge in [-0.1, -0.05) is 6.92 Å². The number of benzene rings is 1. The molecule has 2 rings (SSSR count). The lowest BCUT2D eigenvalue weighted by Crippen LogP contribution is -2.43. The lowest BCUT2D eigenvalue weighted by Gasteiger charge is -2.17. The highest BCUT2D eigenvalue weighted by atomic mass is 32.2. The van der Waals surface area contributed by atoms with E-state index in [0.717, 1.165) is 0 Å². The van der Waals surface area contributed by atoms with Crippen LogP contribution in [0.25, 0.3) is 0 Å². The number of nitrogens with one attached hydrogen (secondary N) is 1. The Morgan fingerprint density at radius 3 is 2.71 bits per heavy atom. The van der Waals surface area contributed by atoms with Crippen LogP contribution in [0.15, 0.2) is 23.1 Å². The van der Waals surface area contributed by atoms with E-state index in [2.05, 4.69) is 5.32 Å². The van der Waals surface area contributed by atoms with Crippen molar-refractivity contribution in [1.29, 1.82) is 0 Å². The van der Waals surface area contributed by atoms with Crippen LogP contribution in [-0.2, 0) is 14.8 Å². The molecule has 21 heavy (non-hydrogen) atoms. The van der Waals surface area contributed by atoms with Crippen LogP contribution in [0.3, 0.4) is 0 Å². The molecule has 0 aliphatic carbocycles. The predicted octanol–water partition coefficient (Wildman–Crippen LogP) is 0.328. The maximum absolute atomic E-state index is 12.3. The van der Waals surface area contributed by atoms with Crippen molar-refractivity contribution in [1.82, 2.24) is 9.62 Å². The highest BCUT2D eigenvalue weighted by Crippen LogP contribution is 2.31. The van der Waals surface area contributed by atoms with Gasteiger partial charge in [0, 0.05) is 11.7 Å². The molecule has 1 aromatic carbocycles. The highest BCUT2D eigenvalue weighted by molar-refractivity contribution is 7.90. The van der Waals surface area contributed by atoms with E-state index in [-0.39, 0.29) is 22.2 Å². The van der Waals surface area contributed by atoms with Gasteiger partial charge in [-0.25, -0.2) is 12.7 Å². The maximum Gasteiger partial charge on any atom is 0.269 e. The Kier molecular flexibility index (Phi) is 3.91. The van der Waals surface area contributed by atoms with Crippen LogP contribution >= 0.6 is 0 Å². The van der Waals surface area contributed by atoms with Gasteiger partial charge in [-0.3, -0.25) is 9.59 Å². The molecule has 3 N–H and O–H groups in total. The number of anilines is 1. The molecule has 8 heteroatoms. The molecule has 7 nitrogen and oxygen atoms in total. The molecular formula is C13H17N3O4S. The molecule has 0 bridgehead atoms. The summed E-state index contributed by atoms with van der Waals surface area (Å²) in [5, 5.41) is 2.63. The number of nitrogens with two attached hydrogens (primary N) is 1. The lowest BCUT2D eigenvalue weighted by atomic mass is 10.2. The van der Waals surface area contributed by atoms with Gasteiger partial charge in [0.15, 0.2) is 0 Å². The van der Waals surface area contributed by atoms with Crippen molar-refractivity contribution in [2.24, 2.45) is 0 Å². The molecule has 0 spiro atoms. The number of amides is 2. The monoisotopic (exact) mass is 311 g/mol. The van der Waals surface area contributed by atoms with E-state index in [0.29, 0.717) is 10.7 Å². The van der Waals surface area contributed by atoms with Crippen molar-refractivity contribution >= 4 is 27.5 Å². The van der Waals surface area contributed by atoms with Gasteiger partial charge in [-0.05, 0) is 31.5 Å². The third-order valence-electron chi connectivity index (χ3n) is 3.34. The van der Waals surface area contributed by atoms with E-state index in [9.17, 15) is 18.0 Å². The number of sulfonamides is 1. The number of fused-ring (bicyclic) bond motifs is 1. The van der Waals surface area contributed by atoms with Crippen LogP contribution in [0.5, 0.6) is 0 Å². The average Bonchev–Trinajstić information content (AvgIpc) is 2.60. The lowest BCUT2D eigenvalue weighted by molar-refractivity contribution is -0.121. The van der Waals surface area contributed by atoms with Gasteiger partial charge in [-0.2, -0.15) is 0 Å². The summed E-state index contributed by atoms with van der Waals surface area (Å²) in [4.78, 5) is 23.8. The van der Waals surface area contributed by atoms with E-state index in [1.165, 1.54) is 18.2 Å². The van der Waals surface area contributed by atoms with Crippen molar-refractivity contribution in [2.45, 2.75) is 31.2 Å². The molecule has 1 heterocycles. The average molecular weight is 311 g/mol. The first-order valence-corrected chi connectivity index (χ1v) is 7.97. The van der Waals surface area contributed by atoms with Crippen LogP contribution in [0, 0.1) is 0 Å². The first-order chi connectivity index (χ1) is 9.77. The first kappa shape index (κ1) is 15.3. The third-order valence-corrected chi connectivity index (χ3v) is 5.11. The highest BCUT2D eigenvalue weighted by Gasteiger charge is 2.42. The molecular weight excluding hydrogens is 294 g/mol. The third kappa shape index (κ3) is 2.71. The number of nitrogen functional groups attached to an aromatic ring is 1. The summed E-state index contributed by atoms with van der Waals surface area (Å²) in [6.07, 6.45) is 0.712. The van der Waals surface area contributed by atoms with Gasteiger partial charge in [0.2, 0.25) is 5.91 Å². The fourth-order valence-electron chi connectivity index (χ4n) is 2.00. The number of carbonyl (C=O) groups excluding carboxylic acids is 2. The van der Waals surface area contributed by atoms with E-state index in [1.807, 2.05) is 6.92 Å². The van der Waals surface area contributed by atoms with Crippen LogP contribution in [0.2, 0.25) is 0 Å². The second-order valence-corrected chi connectivity index (χ2v) is 6.78. The summed E-state index contributed by atoms with van der Waals surface area (Å²) in [5.41, 5.74) is 5.84. The molecule has 114 valence electrons. The number of hydrogen-bond donors (Lipinski definition) is 2. The normalized spacial score (nSPS) is 17.4. The van der Waals surface area contributed by atoms with E-state index in [4.69, 9.17) is 5.73 Å². The molecule has 0 saturated carbocycles. The maximum atomic E-state index is 12.3. The van der Waals surface area contributed by atoms with Crippen molar-refractivity contribution in [3.05, 3.63) is 23.8 Å². The van der Waals surface area contributed by atoms with E-state index in [1.54, 1.807) is 6.92 Å². The smallest absolute Gasteiger partial charge is 0.269 e. The van der Waals surface area contributed by atoms with Crippen molar-refractivity contribution in [3.63, 3.8) is 0 Å². The van der Waals surface area contributed by atoms with E-state index < -0.39 is 28.4 Å². The zero-order valence-corrected chi connectivity index (χ0v) is 12.6. The summed E-state index contributed by atoms with van der Waals surface area (Å²) in [6.45, 7) is 3.16. The first-order valence-electron chi connectivity index (χ1n) is 6.53. The Bertz CT molecular complexity index is 699. The topological polar surface area (TPSA) is 110 Å². The minimum atomic E-state index is -4.01. The molecule has 0 aromatic heterocycles. The summed E-state index contributed by atoms with van der Waals surface area (Å²) in [7, 11) is -4.01. The summed E-state index contributed by atoms with van der Waals surface area (Å²) >= 11 is 0. The Morgan fingerprint density at radius 1 is 1.43 bits per heavy atom. The molecule has 1 aromatic rings. The minimum absolute atomic E-state index is 0.0422. The minimum Gasteiger partial charge on any atom is -0.399 e. The molecule has 1 aliphatic rings. The van der Waals surface area contributed by atoms with Gasteiger partial charge in [0.25, 0.3) is 15.9 Å². The SMILES string of the molecule is CCC(C)NC(=O)CN1C(=O)c2ccc(N)cc2S1(=O)=O. The zero-order chi connectivity index (χ0) is 15.8. The Morgan fingerprint density at radius 2 is 2.10 bits per heavy atom. The summed E-state index contributed by atoms with van der Waals surface area (Å²) in [6, 6.07) is 3.96. The van der Waals surface area contributed by atoms with Crippen molar-refractivity contribution in [2.75, 3.05) is 12.3 Å². The van der Waals surface area contributed by atoms with Gasteiger partial charge < -0.3 is 11.1 Å². The van der Waals surface area contributed by atoms with Crippen molar-refractivity contribution < 1.29 is 18.0 Å². The Hall–Kier alpha value is -2.09. The predicted molar refractivity (Wildman–Crippen MR) is 77.0 cm³/mol. The molecule has 0 saturated heterocycles. The number of hydrogen-bond acceptors (Lipinski definition) is 5. The zero-order valence-electron chi connectivity index (χ0n) is 11.8. The fourth-order valence-corrected chi connectivity index (χ4v) is 3.56. The van der Waals surface area contributed by atoms with Crippen molar-refractivity contribution in [3.8, 4) is 0 Å². The second-order valence-electron chi connectivity index (χ2n) is 4.95. The van der Waals surface area contributed by atoms with E-state index >= 15 is 0 Å². The van der Waals surface area contributed by atoms with Crippen LogP contribution < -0.4 is 11.1 Å². The molecule has 1 unspecified atom stereocenters. The quantitative estimate of drug-likeness (QED) is 0.779. The van der Waals surface area contributed by atoms with Crippen LogP contribution in [0.4, 0.5) is 5.69 Å². The summed E-state index contributed by atoms with van der Waals surface area (Å²) < 4.78 is 25.2. The number of rotatable bonds is 4. The molecule has 0 fully saturated rings. The number of nitrogens with zero attached hydrogens (tertiary/aromatic N) is 1. The van der Waals surface area contributed by atoms with Gasteiger partial charge in [0.1, 0.15) is 11.4 Å². The largest absolute Gasteiger partial charge is 0.399 e. The molecule has 1 aliphatic heterocycles. The fraction of sp³-hybridized carbons (Fsp3) is 0.385. The Labute approximate surface area is 123 Å².